The second kappa shape index (κ2) is 4.71. The second-order valence-electron chi connectivity index (χ2n) is 4.99. The predicted molar refractivity (Wildman–Crippen MR) is 86.8 cm³/mol. The molecule has 1 N–H and O–H groups in total. The molecular weight excluding hydrogens is 298 g/mol. The molecule has 22 heavy (non-hydrogen) atoms. The fourth-order valence-electron chi connectivity index (χ4n) is 2.63. The van der Waals surface area contributed by atoms with Gasteiger partial charge in [-0.2, -0.15) is 0 Å². The Labute approximate surface area is 130 Å². The van der Waals surface area contributed by atoms with E-state index in [9.17, 15) is 5.11 Å². The Morgan fingerprint density at radius 2 is 2.18 bits per heavy atom. The van der Waals surface area contributed by atoms with Crippen LogP contribution in [-0.4, -0.2) is 26.6 Å². The number of nitrogens with zero attached hydrogens (tertiary/aromatic N) is 3. The first kappa shape index (κ1) is 13.1. The molecule has 6 heteroatoms. The molecule has 0 saturated heterocycles. The number of ether oxygens (including phenoxy) is 1. The molecule has 0 saturated carbocycles. The van der Waals surface area contributed by atoms with Crippen molar-refractivity contribution in [1.82, 2.24) is 14.4 Å². The summed E-state index contributed by atoms with van der Waals surface area (Å²) in [5.41, 5.74) is 3.75. The Balaban J connectivity index is 2.14. The molecule has 0 unspecified atom stereocenters. The molecule has 4 rings (SSSR count). The Hall–Kier alpha value is -2.60. The number of imidazole rings is 1. The van der Waals surface area contributed by atoms with E-state index < -0.39 is 0 Å². The quantitative estimate of drug-likeness (QED) is 0.614. The molecule has 0 spiro atoms. The van der Waals surface area contributed by atoms with E-state index in [1.165, 1.54) is 0 Å². The summed E-state index contributed by atoms with van der Waals surface area (Å²) in [4.78, 5) is 9.85. The van der Waals surface area contributed by atoms with Crippen LogP contribution in [0.2, 0.25) is 0 Å². The van der Waals surface area contributed by atoms with Crippen LogP contribution < -0.4 is 4.74 Å². The Bertz CT molecular complexity index is 990. The molecule has 0 fully saturated rings. The van der Waals surface area contributed by atoms with E-state index in [-0.39, 0.29) is 5.88 Å². The van der Waals surface area contributed by atoms with Crippen LogP contribution in [0.4, 0.5) is 0 Å². The molecule has 3 heterocycles. The molecule has 110 valence electrons. The number of fused-ring (bicyclic) bond motifs is 3. The van der Waals surface area contributed by atoms with Gasteiger partial charge in [0.05, 0.1) is 24.3 Å². The summed E-state index contributed by atoms with van der Waals surface area (Å²) in [6.07, 6.45) is 1.65. The van der Waals surface area contributed by atoms with Gasteiger partial charge in [-0.15, -0.1) is 11.3 Å². The molecule has 0 aliphatic rings. The minimum atomic E-state index is 0.143. The smallest absolute Gasteiger partial charge is 0.219 e. The van der Waals surface area contributed by atoms with E-state index in [0.29, 0.717) is 11.3 Å². The number of aromatic nitrogens is 3. The van der Waals surface area contributed by atoms with Gasteiger partial charge in [0.2, 0.25) is 5.88 Å². The Morgan fingerprint density at radius 3 is 2.91 bits per heavy atom. The first-order valence-corrected chi connectivity index (χ1v) is 7.65. The maximum Gasteiger partial charge on any atom is 0.219 e. The zero-order chi connectivity index (χ0) is 15.3. The molecule has 0 aliphatic heterocycles. The third kappa shape index (κ3) is 1.77. The first-order chi connectivity index (χ1) is 10.7. The molecule has 0 amide bonds. The lowest BCUT2D eigenvalue weighted by Crippen LogP contribution is -1.94. The summed E-state index contributed by atoms with van der Waals surface area (Å²) >= 11 is 1.64. The van der Waals surface area contributed by atoms with Gasteiger partial charge >= 0.3 is 0 Å². The molecule has 0 bridgehead atoms. The van der Waals surface area contributed by atoms with Gasteiger partial charge in [-0.3, -0.25) is 9.38 Å². The highest BCUT2D eigenvalue weighted by Gasteiger charge is 2.15. The Kier molecular flexibility index (Phi) is 2.80. The van der Waals surface area contributed by atoms with Gasteiger partial charge in [-0.05, 0) is 24.4 Å². The van der Waals surface area contributed by atoms with Crippen molar-refractivity contribution < 1.29 is 9.84 Å². The molecule has 3 aromatic heterocycles. The second-order valence-corrected chi connectivity index (χ2v) is 5.94. The SMILES string of the molecule is COc1cc2ncc3nc(C)c(O)n3c2cc1-c1cccs1. The van der Waals surface area contributed by atoms with Gasteiger partial charge in [0.1, 0.15) is 11.4 Å². The van der Waals surface area contributed by atoms with Gasteiger partial charge in [0.15, 0.2) is 5.65 Å². The minimum absolute atomic E-state index is 0.143. The fraction of sp³-hybridized carbons (Fsp3) is 0.125. The summed E-state index contributed by atoms with van der Waals surface area (Å²) in [6.45, 7) is 1.78. The van der Waals surface area contributed by atoms with Gasteiger partial charge in [0, 0.05) is 16.5 Å². The summed E-state index contributed by atoms with van der Waals surface area (Å²) in [5.74, 6) is 0.905. The fourth-order valence-corrected chi connectivity index (χ4v) is 3.37. The number of benzene rings is 1. The van der Waals surface area contributed by atoms with Crippen LogP contribution in [0.15, 0.2) is 35.8 Å². The number of hydrogen-bond donors (Lipinski definition) is 1. The monoisotopic (exact) mass is 311 g/mol. The van der Waals surface area contributed by atoms with Crippen molar-refractivity contribution in [1.29, 1.82) is 0 Å². The molecule has 0 atom stereocenters. The lowest BCUT2D eigenvalue weighted by molar-refractivity contribution is 0.417. The van der Waals surface area contributed by atoms with Crippen LogP contribution in [-0.2, 0) is 0 Å². The van der Waals surface area contributed by atoms with Crippen molar-refractivity contribution in [3.8, 4) is 22.1 Å². The summed E-state index contributed by atoms with van der Waals surface area (Å²) in [6, 6.07) is 7.92. The molecule has 0 radical (unpaired) electrons. The van der Waals surface area contributed by atoms with Crippen LogP contribution in [0.25, 0.3) is 27.1 Å². The summed E-state index contributed by atoms with van der Waals surface area (Å²) in [5, 5.41) is 12.3. The first-order valence-electron chi connectivity index (χ1n) is 6.77. The molecule has 4 aromatic rings. The number of aromatic hydroxyl groups is 1. The predicted octanol–water partition coefficient (Wildman–Crippen LogP) is 3.63. The van der Waals surface area contributed by atoms with Gasteiger partial charge in [-0.1, -0.05) is 6.07 Å². The highest BCUT2D eigenvalue weighted by molar-refractivity contribution is 7.13. The van der Waals surface area contributed by atoms with E-state index >= 15 is 0 Å². The normalized spacial score (nSPS) is 11.4. The number of rotatable bonds is 2. The standard InChI is InChI=1S/C16H13N3O2S/c1-9-16(20)19-12-6-10(14-4-3-5-22-14)13(21-2)7-11(12)17-8-15(19)18-9/h3-8,20H,1-2H3. The van der Waals surface area contributed by atoms with E-state index in [0.717, 1.165) is 27.2 Å². The zero-order valence-corrected chi connectivity index (χ0v) is 12.9. The van der Waals surface area contributed by atoms with E-state index in [1.807, 2.05) is 29.6 Å². The maximum absolute atomic E-state index is 10.3. The van der Waals surface area contributed by atoms with Crippen LogP contribution in [0, 0.1) is 6.92 Å². The summed E-state index contributed by atoms with van der Waals surface area (Å²) in [7, 11) is 1.65. The van der Waals surface area contributed by atoms with Crippen molar-refractivity contribution in [3.05, 3.63) is 41.5 Å². The van der Waals surface area contributed by atoms with Crippen molar-refractivity contribution in [2.75, 3.05) is 7.11 Å². The lowest BCUT2D eigenvalue weighted by atomic mass is 10.1. The van der Waals surface area contributed by atoms with E-state index in [1.54, 1.807) is 36.0 Å². The summed E-state index contributed by atoms with van der Waals surface area (Å²) < 4.78 is 7.22. The average molecular weight is 311 g/mol. The van der Waals surface area contributed by atoms with Gasteiger partial charge in [0.25, 0.3) is 0 Å². The third-order valence-electron chi connectivity index (χ3n) is 3.69. The topological polar surface area (TPSA) is 59.7 Å². The number of hydrogen-bond acceptors (Lipinski definition) is 5. The molecule has 0 aliphatic carbocycles. The van der Waals surface area contributed by atoms with Crippen LogP contribution in [0.3, 0.4) is 0 Å². The minimum Gasteiger partial charge on any atom is -0.496 e. The zero-order valence-electron chi connectivity index (χ0n) is 12.1. The van der Waals surface area contributed by atoms with Crippen molar-refractivity contribution in [2.45, 2.75) is 6.92 Å². The van der Waals surface area contributed by atoms with E-state index in [4.69, 9.17) is 4.74 Å². The van der Waals surface area contributed by atoms with Crippen LogP contribution >= 0.6 is 11.3 Å². The number of aryl methyl sites for hydroxylation is 1. The highest BCUT2D eigenvalue weighted by Crippen LogP contribution is 2.37. The average Bonchev–Trinajstić information content (AvgIpc) is 3.15. The van der Waals surface area contributed by atoms with Crippen molar-refractivity contribution >= 4 is 28.0 Å². The van der Waals surface area contributed by atoms with Crippen molar-refractivity contribution in [2.24, 2.45) is 0 Å². The number of thiophene rings is 1. The van der Waals surface area contributed by atoms with Crippen LogP contribution in [0.5, 0.6) is 11.6 Å². The van der Waals surface area contributed by atoms with Crippen molar-refractivity contribution in [3.63, 3.8) is 0 Å². The van der Waals surface area contributed by atoms with E-state index in [2.05, 4.69) is 9.97 Å². The van der Waals surface area contributed by atoms with Gasteiger partial charge in [-0.25, -0.2) is 4.98 Å². The highest BCUT2D eigenvalue weighted by atomic mass is 32.1. The van der Waals surface area contributed by atoms with Crippen LogP contribution in [0.1, 0.15) is 5.69 Å². The maximum atomic E-state index is 10.3. The Morgan fingerprint density at radius 1 is 1.32 bits per heavy atom. The lowest BCUT2D eigenvalue weighted by Gasteiger charge is -2.10. The number of methoxy groups -OCH3 is 1. The molecular formula is C16H13N3O2S. The largest absolute Gasteiger partial charge is 0.496 e. The molecule has 5 nitrogen and oxygen atoms in total. The molecule has 1 aromatic carbocycles. The van der Waals surface area contributed by atoms with Gasteiger partial charge < -0.3 is 9.84 Å². The third-order valence-corrected chi connectivity index (χ3v) is 4.59.